The number of rotatable bonds is 5. The molecule has 0 unspecified atom stereocenters. The minimum atomic E-state index is -3.85. The minimum absolute atomic E-state index is 0.0612. The lowest BCUT2D eigenvalue weighted by Crippen LogP contribution is -2.19. The molecule has 1 N–H and O–H groups in total. The van der Waals surface area contributed by atoms with Gasteiger partial charge in [-0.2, -0.15) is 10.4 Å². The molecule has 0 amide bonds. The van der Waals surface area contributed by atoms with Crippen molar-refractivity contribution in [2.24, 2.45) is 0 Å². The van der Waals surface area contributed by atoms with Gasteiger partial charge in [-0.3, -0.25) is 4.72 Å². The van der Waals surface area contributed by atoms with E-state index in [9.17, 15) is 12.8 Å². The quantitative estimate of drug-likeness (QED) is 0.913. The van der Waals surface area contributed by atoms with Gasteiger partial charge in [-0.15, -0.1) is 0 Å². The number of hydrogen-bond donors (Lipinski definition) is 1. The Morgan fingerprint density at radius 2 is 2.14 bits per heavy atom. The fourth-order valence-electron chi connectivity index (χ4n) is 1.82. The van der Waals surface area contributed by atoms with E-state index in [4.69, 9.17) is 5.26 Å². The summed E-state index contributed by atoms with van der Waals surface area (Å²) in [6.45, 7) is 2.17. The van der Waals surface area contributed by atoms with Gasteiger partial charge in [-0.05, 0) is 13.0 Å². The average molecular weight is 308 g/mol. The Labute approximate surface area is 121 Å². The molecular formula is C13H13FN4O2S. The van der Waals surface area contributed by atoms with Crippen molar-refractivity contribution in [1.29, 1.82) is 5.26 Å². The van der Waals surface area contributed by atoms with Crippen molar-refractivity contribution in [2.45, 2.75) is 19.2 Å². The molecule has 0 saturated carbocycles. The van der Waals surface area contributed by atoms with Crippen molar-refractivity contribution < 1.29 is 12.8 Å². The summed E-state index contributed by atoms with van der Waals surface area (Å²) in [6, 6.07) is 7.51. The molecule has 0 fully saturated rings. The number of sulfonamides is 1. The monoisotopic (exact) mass is 308 g/mol. The van der Waals surface area contributed by atoms with Gasteiger partial charge in [0.1, 0.15) is 17.4 Å². The fourth-order valence-corrected chi connectivity index (χ4v) is 3.04. The van der Waals surface area contributed by atoms with E-state index in [0.29, 0.717) is 6.54 Å². The standard InChI is InChI=1S/C13H13FN4O2S/c1-2-18-13(11(7-15)8-16-18)17-21(19,20)9-10-5-3-4-6-12(10)14/h3-6,8,17H,2,9H2,1H3. The predicted molar refractivity (Wildman–Crippen MR) is 75.3 cm³/mol. The van der Waals surface area contributed by atoms with Crippen molar-refractivity contribution >= 4 is 15.8 Å². The van der Waals surface area contributed by atoms with Crippen LogP contribution in [-0.2, 0) is 22.3 Å². The van der Waals surface area contributed by atoms with Crippen LogP contribution in [0.3, 0.4) is 0 Å². The van der Waals surface area contributed by atoms with Gasteiger partial charge < -0.3 is 0 Å². The molecule has 1 aromatic carbocycles. The molecule has 8 heteroatoms. The second-order valence-electron chi connectivity index (χ2n) is 4.29. The number of hydrogen-bond acceptors (Lipinski definition) is 4. The van der Waals surface area contributed by atoms with E-state index < -0.39 is 21.6 Å². The number of nitrogens with zero attached hydrogens (tertiary/aromatic N) is 3. The Morgan fingerprint density at radius 3 is 2.76 bits per heavy atom. The molecule has 0 radical (unpaired) electrons. The SMILES string of the molecule is CCn1ncc(C#N)c1NS(=O)(=O)Cc1ccccc1F. The first kappa shape index (κ1) is 15.0. The molecule has 0 aliphatic carbocycles. The van der Waals surface area contributed by atoms with E-state index in [1.807, 2.05) is 6.07 Å². The lowest BCUT2D eigenvalue weighted by atomic mass is 10.2. The third-order valence-corrected chi connectivity index (χ3v) is 4.01. The highest BCUT2D eigenvalue weighted by Gasteiger charge is 2.19. The van der Waals surface area contributed by atoms with E-state index in [1.165, 1.54) is 29.1 Å². The van der Waals surface area contributed by atoms with Crippen LogP contribution in [-0.4, -0.2) is 18.2 Å². The Kier molecular flexibility index (Phi) is 4.23. The Hall–Kier alpha value is -2.40. The summed E-state index contributed by atoms with van der Waals surface area (Å²) >= 11 is 0. The minimum Gasteiger partial charge on any atom is -0.266 e. The summed E-state index contributed by atoms with van der Waals surface area (Å²) in [4.78, 5) is 0. The van der Waals surface area contributed by atoms with Gasteiger partial charge in [0.05, 0.1) is 11.9 Å². The molecule has 1 aromatic heterocycles. The van der Waals surface area contributed by atoms with Gasteiger partial charge in [0.25, 0.3) is 0 Å². The van der Waals surface area contributed by atoms with Gasteiger partial charge >= 0.3 is 0 Å². The molecule has 1 heterocycles. The summed E-state index contributed by atoms with van der Waals surface area (Å²) in [5, 5.41) is 12.9. The molecule has 2 rings (SSSR count). The zero-order valence-corrected chi connectivity index (χ0v) is 12.1. The molecule has 2 aromatic rings. The number of aryl methyl sites for hydroxylation is 1. The number of halogens is 1. The Balaban J connectivity index is 2.29. The number of aromatic nitrogens is 2. The van der Waals surface area contributed by atoms with Crippen molar-refractivity contribution in [1.82, 2.24) is 9.78 Å². The zero-order valence-electron chi connectivity index (χ0n) is 11.2. The highest BCUT2D eigenvalue weighted by Crippen LogP contribution is 2.18. The van der Waals surface area contributed by atoms with Crippen LogP contribution in [0.4, 0.5) is 10.2 Å². The van der Waals surface area contributed by atoms with E-state index in [1.54, 1.807) is 13.0 Å². The van der Waals surface area contributed by atoms with Crippen LogP contribution >= 0.6 is 0 Å². The maximum absolute atomic E-state index is 13.5. The van der Waals surface area contributed by atoms with Crippen LogP contribution in [0.2, 0.25) is 0 Å². The molecule has 6 nitrogen and oxygen atoms in total. The summed E-state index contributed by atoms with van der Waals surface area (Å²) < 4.78 is 41.4. The fraction of sp³-hybridized carbons (Fsp3) is 0.231. The van der Waals surface area contributed by atoms with Crippen LogP contribution in [0.15, 0.2) is 30.5 Å². The first-order valence-corrected chi connectivity index (χ1v) is 7.82. The summed E-state index contributed by atoms with van der Waals surface area (Å²) in [6.07, 6.45) is 1.28. The first-order chi connectivity index (χ1) is 9.96. The molecular weight excluding hydrogens is 295 g/mol. The summed E-state index contributed by atoms with van der Waals surface area (Å²) in [5.41, 5.74) is 0.181. The van der Waals surface area contributed by atoms with E-state index in [2.05, 4.69) is 9.82 Å². The number of nitrogens with one attached hydrogen (secondary N) is 1. The maximum Gasteiger partial charge on any atom is 0.238 e. The molecule has 21 heavy (non-hydrogen) atoms. The topological polar surface area (TPSA) is 87.8 Å². The van der Waals surface area contributed by atoms with E-state index >= 15 is 0 Å². The molecule has 0 aliphatic heterocycles. The highest BCUT2D eigenvalue weighted by molar-refractivity contribution is 7.91. The van der Waals surface area contributed by atoms with Crippen LogP contribution in [0.25, 0.3) is 0 Å². The van der Waals surface area contributed by atoms with E-state index in [-0.39, 0.29) is 16.9 Å². The third-order valence-electron chi connectivity index (χ3n) is 2.81. The van der Waals surface area contributed by atoms with Crippen LogP contribution in [0.5, 0.6) is 0 Å². The third kappa shape index (κ3) is 3.38. The summed E-state index contributed by atoms with van der Waals surface area (Å²) in [7, 11) is -3.85. The smallest absolute Gasteiger partial charge is 0.238 e. The number of benzene rings is 1. The van der Waals surface area contributed by atoms with Gasteiger partial charge in [0.2, 0.25) is 10.0 Å². The molecule has 0 atom stereocenters. The molecule has 0 bridgehead atoms. The lowest BCUT2D eigenvalue weighted by Gasteiger charge is -2.10. The molecule has 0 spiro atoms. The van der Waals surface area contributed by atoms with Crippen molar-refractivity contribution in [3.8, 4) is 6.07 Å². The maximum atomic E-state index is 13.5. The average Bonchev–Trinajstić information content (AvgIpc) is 2.82. The van der Waals surface area contributed by atoms with Crippen LogP contribution < -0.4 is 4.72 Å². The lowest BCUT2D eigenvalue weighted by molar-refractivity contribution is 0.589. The number of nitriles is 1. The zero-order chi connectivity index (χ0) is 15.5. The first-order valence-electron chi connectivity index (χ1n) is 6.16. The van der Waals surface area contributed by atoms with Crippen molar-refractivity contribution in [3.05, 3.63) is 47.4 Å². The Bertz CT molecular complexity index is 793. The van der Waals surface area contributed by atoms with Gasteiger partial charge in [0.15, 0.2) is 5.82 Å². The molecule has 0 aliphatic rings. The summed E-state index contributed by atoms with van der Waals surface area (Å²) in [5.74, 6) is -1.01. The normalized spacial score (nSPS) is 11.1. The Morgan fingerprint density at radius 1 is 1.43 bits per heavy atom. The predicted octanol–water partition coefficient (Wildman–Crippen LogP) is 1.86. The molecule has 110 valence electrons. The second kappa shape index (κ2) is 5.93. The van der Waals surface area contributed by atoms with Crippen LogP contribution in [0.1, 0.15) is 18.1 Å². The number of anilines is 1. The largest absolute Gasteiger partial charge is 0.266 e. The highest BCUT2D eigenvalue weighted by atomic mass is 32.2. The van der Waals surface area contributed by atoms with E-state index in [0.717, 1.165) is 0 Å². The van der Waals surface area contributed by atoms with Crippen molar-refractivity contribution in [3.63, 3.8) is 0 Å². The van der Waals surface area contributed by atoms with Gasteiger partial charge in [-0.1, -0.05) is 18.2 Å². The van der Waals surface area contributed by atoms with Crippen LogP contribution in [0, 0.1) is 17.1 Å². The molecule has 0 saturated heterocycles. The van der Waals surface area contributed by atoms with Crippen molar-refractivity contribution in [2.75, 3.05) is 4.72 Å². The van der Waals surface area contributed by atoms with Gasteiger partial charge in [0, 0.05) is 12.1 Å². The van der Waals surface area contributed by atoms with Gasteiger partial charge in [-0.25, -0.2) is 17.5 Å². The second-order valence-corrected chi connectivity index (χ2v) is 6.01.